The molecular weight excluding hydrogens is 368 g/mol. The highest BCUT2D eigenvalue weighted by molar-refractivity contribution is 5.92. The second kappa shape index (κ2) is 7.59. The van der Waals surface area contributed by atoms with Crippen LogP contribution in [0.3, 0.4) is 0 Å². The molecule has 3 N–H and O–H groups in total. The molecule has 2 aromatic carbocycles. The first-order valence-corrected chi connectivity index (χ1v) is 10.5. The Morgan fingerprint density at radius 1 is 1.07 bits per heavy atom. The standard InChI is InChI=1S/C23H26N2O4/c26-20-11-17-3-1-2-16(17)10-18(20)13-25-8-6-15(7-9-25)23(27)24-19-4-5-21-22(12-19)29-14-28-21/h4-5,10-12,15,26H,1-3,6-9,13-14H2,(H,24,27)/p+1. The van der Waals surface area contributed by atoms with Gasteiger partial charge >= 0.3 is 0 Å². The zero-order valence-corrected chi connectivity index (χ0v) is 16.5. The molecule has 1 fully saturated rings. The van der Waals surface area contributed by atoms with Gasteiger partial charge in [0.1, 0.15) is 12.3 Å². The van der Waals surface area contributed by atoms with Crippen molar-refractivity contribution < 1.29 is 24.3 Å². The number of piperidine rings is 1. The van der Waals surface area contributed by atoms with Crippen LogP contribution in [0.15, 0.2) is 30.3 Å². The summed E-state index contributed by atoms with van der Waals surface area (Å²) in [6.45, 7) is 2.94. The summed E-state index contributed by atoms with van der Waals surface area (Å²) in [7, 11) is 0. The Morgan fingerprint density at radius 3 is 2.66 bits per heavy atom. The third-order valence-electron chi connectivity index (χ3n) is 6.44. The van der Waals surface area contributed by atoms with E-state index >= 15 is 0 Å². The van der Waals surface area contributed by atoms with Gasteiger partial charge in [0, 0.05) is 36.1 Å². The number of nitrogens with one attached hydrogen (secondary N) is 2. The highest BCUT2D eigenvalue weighted by Gasteiger charge is 2.28. The number of carbonyl (C=O) groups excluding carboxylic acids is 1. The van der Waals surface area contributed by atoms with Gasteiger partial charge in [-0.3, -0.25) is 4.79 Å². The molecule has 2 aliphatic heterocycles. The van der Waals surface area contributed by atoms with Gasteiger partial charge in [-0.1, -0.05) is 0 Å². The van der Waals surface area contributed by atoms with Gasteiger partial charge in [0.25, 0.3) is 0 Å². The lowest BCUT2D eigenvalue weighted by Crippen LogP contribution is -3.11. The lowest BCUT2D eigenvalue weighted by Gasteiger charge is -2.29. The first-order chi connectivity index (χ1) is 14.2. The molecule has 6 heteroatoms. The Labute approximate surface area is 170 Å². The molecule has 0 aromatic heterocycles. The van der Waals surface area contributed by atoms with E-state index in [9.17, 15) is 9.90 Å². The van der Waals surface area contributed by atoms with Gasteiger partial charge in [0.15, 0.2) is 11.5 Å². The fraction of sp³-hybridized carbons (Fsp3) is 0.435. The van der Waals surface area contributed by atoms with E-state index in [0.717, 1.165) is 62.3 Å². The van der Waals surface area contributed by atoms with Gasteiger partial charge in [-0.05, 0) is 54.7 Å². The molecule has 0 atom stereocenters. The number of amides is 1. The Hall–Kier alpha value is -2.73. The molecule has 2 aromatic rings. The summed E-state index contributed by atoms with van der Waals surface area (Å²) < 4.78 is 10.7. The van der Waals surface area contributed by atoms with Gasteiger partial charge in [0.2, 0.25) is 12.7 Å². The molecule has 1 saturated heterocycles. The average molecular weight is 395 g/mol. The number of fused-ring (bicyclic) bond motifs is 2. The zero-order valence-electron chi connectivity index (χ0n) is 16.5. The van der Waals surface area contributed by atoms with E-state index in [1.54, 1.807) is 0 Å². The van der Waals surface area contributed by atoms with Crippen molar-refractivity contribution in [2.45, 2.75) is 38.6 Å². The predicted octanol–water partition coefficient (Wildman–Crippen LogP) is 2.04. The van der Waals surface area contributed by atoms with Gasteiger partial charge < -0.3 is 24.8 Å². The fourth-order valence-electron chi connectivity index (χ4n) is 4.76. The Bertz CT molecular complexity index is 935. The molecule has 6 nitrogen and oxygen atoms in total. The maximum Gasteiger partial charge on any atom is 0.231 e. The monoisotopic (exact) mass is 395 g/mol. The van der Waals surface area contributed by atoms with Crippen molar-refractivity contribution in [2.75, 3.05) is 25.2 Å². The van der Waals surface area contributed by atoms with Gasteiger partial charge in [-0.15, -0.1) is 0 Å². The minimum atomic E-state index is 0.0257. The molecule has 1 aliphatic carbocycles. The summed E-state index contributed by atoms with van der Waals surface area (Å²) >= 11 is 0. The number of rotatable bonds is 4. The summed E-state index contributed by atoms with van der Waals surface area (Å²) in [6.07, 6.45) is 5.11. The van der Waals surface area contributed by atoms with Gasteiger partial charge in [-0.2, -0.15) is 0 Å². The molecule has 5 rings (SSSR count). The topological polar surface area (TPSA) is 72.2 Å². The SMILES string of the molecule is O=C(Nc1ccc2c(c1)OCO2)C1CC[NH+](Cc2cc3c(cc2O)CCC3)CC1. The molecule has 152 valence electrons. The predicted molar refractivity (Wildman–Crippen MR) is 108 cm³/mol. The number of likely N-dealkylation sites (tertiary alicyclic amines) is 1. The third kappa shape index (κ3) is 3.77. The van der Waals surface area contributed by atoms with Crippen molar-refractivity contribution in [3.8, 4) is 17.2 Å². The number of phenols is 1. The van der Waals surface area contributed by atoms with Crippen molar-refractivity contribution >= 4 is 11.6 Å². The Morgan fingerprint density at radius 2 is 1.83 bits per heavy atom. The van der Waals surface area contributed by atoms with Crippen LogP contribution in [0.1, 0.15) is 36.0 Å². The number of ether oxygens (including phenoxy) is 2. The van der Waals surface area contributed by atoms with Crippen LogP contribution in [0.5, 0.6) is 17.2 Å². The second-order valence-electron chi connectivity index (χ2n) is 8.36. The minimum absolute atomic E-state index is 0.0257. The number of carbonyl (C=O) groups is 1. The van der Waals surface area contributed by atoms with E-state index in [-0.39, 0.29) is 18.6 Å². The van der Waals surface area contributed by atoms with Crippen LogP contribution in [0.4, 0.5) is 5.69 Å². The lowest BCUT2D eigenvalue weighted by molar-refractivity contribution is -0.919. The summed E-state index contributed by atoms with van der Waals surface area (Å²) in [5.74, 6) is 1.92. The van der Waals surface area contributed by atoms with Crippen molar-refractivity contribution in [1.29, 1.82) is 0 Å². The lowest BCUT2D eigenvalue weighted by atomic mass is 9.95. The molecule has 2 heterocycles. The number of phenolic OH excluding ortho intramolecular Hbond substituents is 1. The van der Waals surface area contributed by atoms with Crippen molar-refractivity contribution in [3.63, 3.8) is 0 Å². The first kappa shape index (κ1) is 18.3. The number of benzene rings is 2. The highest BCUT2D eigenvalue weighted by Crippen LogP contribution is 2.34. The van der Waals surface area contributed by atoms with Crippen LogP contribution in [-0.4, -0.2) is 30.9 Å². The van der Waals surface area contributed by atoms with Gasteiger partial charge in [0.05, 0.1) is 13.1 Å². The third-order valence-corrected chi connectivity index (χ3v) is 6.44. The van der Waals surface area contributed by atoms with Crippen LogP contribution in [0.2, 0.25) is 0 Å². The summed E-state index contributed by atoms with van der Waals surface area (Å²) in [6, 6.07) is 9.65. The van der Waals surface area contributed by atoms with Crippen LogP contribution >= 0.6 is 0 Å². The second-order valence-corrected chi connectivity index (χ2v) is 8.36. The van der Waals surface area contributed by atoms with Crippen molar-refractivity contribution in [2.24, 2.45) is 5.92 Å². The van der Waals surface area contributed by atoms with E-state index in [2.05, 4.69) is 11.4 Å². The van der Waals surface area contributed by atoms with Crippen LogP contribution in [0.25, 0.3) is 0 Å². The normalized spacial score (nSPS) is 22.3. The smallest absolute Gasteiger partial charge is 0.231 e. The first-order valence-electron chi connectivity index (χ1n) is 10.5. The molecular formula is C23H27N2O4+. The van der Waals surface area contributed by atoms with Crippen LogP contribution < -0.4 is 19.7 Å². The molecule has 29 heavy (non-hydrogen) atoms. The van der Waals surface area contributed by atoms with Crippen molar-refractivity contribution in [3.05, 3.63) is 47.0 Å². The largest absolute Gasteiger partial charge is 0.507 e. The fourth-order valence-corrected chi connectivity index (χ4v) is 4.76. The van der Waals surface area contributed by atoms with E-state index in [4.69, 9.17) is 9.47 Å². The van der Waals surface area contributed by atoms with E-state index in [1.165, 1.54) is 22.4 Å². The number of aryl methyl sites for hydroxylation is 2. The number of hydrogen-bond donors (Lipinski definition) is 3. The molecule has 0 spiro atoms. The maximum atomic E-state index is 12.7. The van der Waals surface area contributed by atoms with Crippen molar-refractivity contribution in [1.82, 2.24) is 0 Å². The highest BCUT2D eigenvalue weighted by atomic mass is 16.7. The average Bonchev–Trinajstić information content (AvgIpc) is 3.37. The van der Waals surface area contributed by atoms with Gasteiger partial charge in [-0.25, -0.2) is 0 Å². The molecule has 0 saturated carbocycles. The van der Waals surface area contributed by atoms with E-state index in [1.807, 2.05) is 24.3 Å². The van der Waals surface area contributed by atoms with E-state index < -0.39 is 0 Å². The Kier molecular flexibility index (Phi) is 4.79. The number of aromatic hydroxyl groups is 1. The Balaban J connectivity index is 1.16. The molecule has 0 unspecified atom stereocenters. The molecule has 3 aliphatic rings. The zero-order chi connectivity index (χ0) is 19.8. The summed E-state index contributed by atoms with van der Waals surface area (Å²) in [5.41, 5.74) is 4.50. The van der Waals surface area contributed by atoms with Crippen LogP contribution in [0, 0.1) is 5.92 Å². The number of anilines is 1. The summed E-state index contributed by atoms with van der Waals surface area (Å²) in [5, 5.41) is 13.4. The number of hydrogen-bond acceptors (Lipinski definition) is 4. The quantitative estimate of drug-likeness (QED) is 0.741. The maximum absolute atomic E-state index is 12.7. The minimum Gasteiger partial charge on any atom is -0.507 e. The van der Waals surface area contributed by atoms with Crippen LogP contribution in [-0.2, 0) is 24.2 Å². The molecule has 1 amide bonds. The van der Waals surface area contributed by atoms with E-state index in [0.29, 0.717) is 11.5 Å². The molecule has 0 bridgehead atoms. The number of quaternary nitrogens is 1. The summed E-state index contributed by atoms with van der Waals surface area (Å²) in [4.78, 5) is 14.1. The molecule has 0 radical (unpaired) electrons.